The quantitative estimate of drug-likeness (QED) is 0.917. The second-order valence-electron chi connectivity index (χ2n) is 4.70. The smallest absolute Gasteiger partial charge is 0.365 e. The molecule has 0 saturated heterocycles. The highest BCUT2D eigenvalue weighted by Gasteiger charge is 2.33. The molecule has 0 aliphatic carbocycles. The SMILES string of the molecule is CC(C)CN(C)c1nc(C(F)(F)F)ccc1C(N)=O. The molecule has 1 aromatic heterocycles. The third kappa shape index (κ3) is 3.84. The number of nitrogens with zero attached hydrogens (tertiary/aromatic N) is 2. The van der Waals surface area contributed by atoms with Gasteiger partial charge in [-0.25, -0.2) is 4.98 Å². The van der Waals surface area contributed by atoms with Crippen LogP contribution in [0, 0.1) is 5.92 Å². The average Bonchev–Trinajstić information content (AvgIpc) is 2.25. The van der Waals surface area contributed by atoms with E-state index in [0.717, 1.165) is 12.1 Å². The van der Waals surface area contributed by atoms with E-state index in [-0.39, 0.29) is 17.3 Å². The van der Waals surface area contributed by atoms with Gasteiger partial charge >= 0.3 is 6.18 Å². The van der Waals surface area contributed by atoms with Gasteiger partial charge in [0.05, 0.1) is 5.56 Å². The van der Waals surface area contributed by atoms with Crippen molar-refractivity contribution >= 4 is 11.7 Å². The molecule has 1 amide bonds. The lowest BCUT2D eigenvalue weighted by Crippen LogP contribution is -2.28. The molecule has 1 aromatic rings. The van der Waals surface area contributed by atoms with Gasteiger partial charge in [-0.3, -0.25) is 4.79 Å². The Labute approximate surface area is 109 Å². The first kappa shape index (κ1) is 15.3. The van der Waals surface area contributed by atoms with Gasteiger partial charge in [0.25, 0.3) is 5.91 Å². The van der Waals surface area contributed by atoms with Crippen LogP contribution in [-0.2, 0) is 6.18 Å². The average molecular weight is 275 g/mol. The van der Waals surface area contributed by atoms with Crippen molar-refractivity contribution in [1.82, 2.24) is 4.98 Å². The molecule has 0 atom stereocenters. The van der Waals surface area contributed by atoms with Crippen LogP contribution in [0.5, 0.6) is 0 Å². The molecular weight excluding hydrogens is 259 g/mol. The maximum Gasteiger partial charge on any atom is 0.433 e. The molecule has 0 aliphatic heterocycles. The van der Waals surface area contributed by atoms with Crippen LogP contribution in [0.25, 0.3) is 0 Å². The van der Waals surface area contributed by atoms with Crippen LogP contribution in [0.4, 0.5) is 19.0 Å². The van der Waals surface area contributed by atoms with Crippen LogP contribution in [0.1, 0.15) is 29.9 Å². The number of amides is 1. The van der Waals surface area contributed by atoms with Gasteiger partial charge in [-0.15, -0.1) is 0 Å². The summed E-state index contributed by atoms with van der Waals surface area (Å²) in [5.74, 6) is -0.634. The summed E-state index contributed by atoms with van der Waals surface area (Å²) in [5, 5.41) is 0. The predicted molar refractivity (Wildman–Crippen MR) is 65.9 cm³/mol. The summed E-state index contributed by atoms with van der Waals surface area (Å²) >= 11 is 0. The lowest BCUT2D eigenvalue weighted by atomic mass is 10.1. The summed E-state index contributed by atoms with van der Waals surface area (Å²) < 4.78 is 37.9. The van der Waals surface area contributed by atoms with Gasteiger partial charge in [-0.2, -0.15) is 13.2 Å². The Bertz CT molecular complexity index is 472. The van der Waals surface area contributed by atoms with Crippen molar-refractivity contribution < 1.29 is 18.0 Å². The number of nitrogens with two attached hydrogens (primary N) is 1. The molecule has 1 heterocycles. The van der Waals surface area contributed by atoms with Crippen molar-refractivity contribution in [2.24, 2.45) is 11.7 Å². The number of primary amides is 1. The Morgan fingerprint density at radius 2 is 2.00 bits per heavy atom. The summed E-state index contributed by atoms with van der Waals surface area (Å²) in [5.41, 5.74) is 4.10. The number of carbonyl (C=O) groups is 1. The first-order valence-electron chi connectivity index (χ1n) is 5.72. The minimum absolute atomic E-state index is 0.0175. The number of hydrogen-bond acceptors (Lipinski definition) is 3. The molecule has 0 fully saturated rings. The van der Waals surface area contributed by atoms with E-state index in [1.54, 1.807) is 7.05 Å². The maximum atomic E-state index is 12.6. The van der Waals surface area contributed by atoms with Crippen LogP contribution < -0.4 is 10.6 Å². The summed E-state index contributed by atoms with van der Waals surface area (Å²) in [6.07, 6.45) is -4.55. The van der Waals surface area contributed by atoms with Gasteiger partial charge < -0.3 is 10.6 Å². The van der Waals surface area contributed by atoms with E-state index in [4.69, 9.17) is 5.73 Å². The van der Waals surface area contributed by atoms with Crippen LogP contribution in [-0.4, -0.2) is 24.5 Å². The number of aromatic nitrogens is 1. The number of carbonyl (C=O) groups excluding carboxylic acids is 1. The number of rotatable bonds is 4. The second kappa shape index (κ2) is 5.46. The molecule has 1 rings (SSSR count). The van der Waals surface area contributed by atoms with E-state index >= 15 is 0 Å². The van der Waals surface area contributed by atoms with Gasteiger partial charge in [0.15, 0.2) is 0 Å². The van der Waals surface area contributed by atoms with Gasteiger partial charge in [0.2, 0.25) is 0 Å². The molecule has 0 aliphatic rings. The van der Waals surface area contributed by atoms with Gasteiger partial charge in [-0.1, -0.05) is 13.8 Å². The van der Waals surface area contributed by atoms with Crippen LogP contribution in [0.3, 0.4) is 0 Å². The topological polar surface area (TPSA) is 59.2 Å². The zero-order valence-corrected chi connectivity index (χ0v) is 11.0. The standard InChI is InChI=1S/C12H16F3N3O/c1-7(2)6-18(3)11-8(10(16)19)4-5-9(17-11)12(13,14)15/h4-5,7H,6H2,1-3H3,(H2,16,19). The third-order valence-electron chi connectivity index (χ3n) is 2.43. The minimum Gasteiger partial charge on any atom is -0.365 e. The lowest BCUT2D eigenvalue weighted by molar-refractivity contribution is -0.141. The van der Waals surface area contributed by atoms with E-state index < -0.39 is 17.8 Å². The Balaban J connectivity index is 3.27. The molecule has 0 spiro atoms. The third-order valence-corrected chi connectivity index (χ3v) is 2.43. The highest BCUT2D eigenvalue weighted by Crippen LogP contribution is 2.30. The van der Waals surface area contributed by atoms with Crippen LogP contribution in [0.2, 0.25) is 0 Å². The highest BCUT2D eigenvalue weighted by molar-refractivity contribution is 5.97. The molecule has 2 N–H and O–H groups in total. The van der Waals surface area contributed by atoms with Crippen molar-refractivity contribution in [2.75, 3.05) is 18.5 Å². The van der Waals surface area contributed by atoms with E-state index in [9.17, 15) is 18.0 Å². The normalized spacial score (nSPS) is 11.7. The number of pyridine rings is 1. The van der Waals surface area contributed by atoms with Gasteiger partial charge in [0, 0.05) is 13.6 Å². The maximum absolute atomic E-state index is 12.6. The summed E-state index contributed by atoms with van der Waals surface area (Å²) in [6, 6.07) is 1.82. The molecule has 19 heavy (non-hydrogen) atoms. The number of hydrogen-bond donors (Lipinski definition) is 1. The minimum atomic E-state index is -4.55. The zero-order chi connectivity index (χ0) is 14.8. The summed E-state index contributed by atoms with van der Waals surface area (Å²) in [6.45, 7) is 4.29. The molecular formula is C12H16F3N3O. The first-order chi connectivity index (χ1) is 8.62. The fourth-order valence-electron chi connectivity index (χ4n) is 1.72. The number of alkyl halides is 3. The molecule has 0 radical (unpaired) electrons. The van der Waals surface area contributed by atoms with Crippen molar-refractivity contribution in [1.29, 1.82) is 0 Å². The van der Waals surface area contributed by atoms with Gasteiger partial charge in [-0.05, 0) is 18.1 Å². The second-order valence-corrected chi connectivity index (χ2v) is 4.70. The zero-order valence-electron chi connectivity index (χ0n) is 11.0. The highest BCUT2D eigenvalue weighted by atomic mass is 19.4. The van der Waals surface area contributed by atoms with Crippen molar-refractivity contribution in [3.63, 3.8) is 0 Å². The molecule has 0 aromatic carbocycles. The van der Waals surface area contributed by atoms with Crippen molar-refractivity contribution in [2.45, 2.75) is 20.0 Å². The Kier molecular flexibility index (Phi) is 4.39. The lowest BCUT2D eigenvalue weighted by Gasteiger charge is -2.23. The van der Waals surface area contributed by atoms with Crippen LogP contribution >= 0.6 is 0 Å². The monoisotopic (exact) mass is 275 g/mol. The van der Waals surface area contributed by atoms with E-state index in [0.29, 0.717) is 6.54 Å². The molecule has 7 heteroatoms. The molecule has 0 bridgehead atoms. The molecule has 106 valence electrons. The number of halogens is 3. The van der Waals surface area contributed by atoms with Crippen molar-refractivity contribution in [3.05, 3.63) is 23.4 Å². The fourth-order valence-corrected chi connectivity index (χ4v) is 1.72. The van der Waals surface area contributed by atoms with Crippen molar-refractivity contribution in [3.8, 4) is 0 Å². The summed E-state index contributed by atoms with van der Waals surface area (Å²) in [7, 11) is 1.58. The number of anilines is 1. The predicted octanol–water partition coefficient (Wildman–Crippen LogP) is 2.29. The largest absolute Gasteiger partial charge is 0.433 e. The molecule has 0 saturated carbocycles. The first-order valence-corrected chi connectivity index (χ1v) is 5.72. The van der Waals surface area contributed by atoms with Crippen LogP contribution in [0.15, 0.2) is 12.1 Å². The Morgan fingerprint density at radius 3 is 2.42 bits per heavy atom. The summed E-state index contributed by atoms with van der Waals surface area (Å²) in [4.78, 5) is 16.3. The van der Waals surface area contributed by atoms with E-state index in [1.165, 1.54) is 4.90 Å². The van der Waals surface area contributed by atoms with E-state index in [2.05, 4.69) is 4.98 Å². The van der Waals surface area contributed by atoms with Gasteiger partial charge in [0.1, 0.15) is 11.5 Å². The molecule has 4 nitrogen and oxygen atoms in total. The molecule has 0 unspecified atom stereocenters. The fraction of sp³-hybridized carbons (Fsp3) is 0.500. The van der Waals surface area contributed by atoms with E-state index in [1.807, 2.05) is 13.8 Å². The Hall–Kier alpha value is -1.79. The Morgan fingerprint density at radius 1 is 1.42 bits per heavy atom.